The first-order valence-electron chi connectivity index (χ1n) is 6.21. The number of fused-ring (bicyclic) bond motifs is 1. The lowest BCUT2D eigenvalue weighted by molar-refractivity contribution is -0.138. The van der Waals surface area contributed by atoms with Crippen LogP contribution in [0.3, 0.4) is 0 Å². The molecule has 2 aromatic rings. The summed E-state index contributed by atoms with van der Waals surface area (Å²) in [5, 5.41) is 4.39. The summed E-state index contributed by atoms with van der Waals surface area (Å²) in [7, 11) is 2.74. The topological polar surface area (TPSA) is 45.2 Å². The van der Waals surface area contributed by atoms with Crippen LogP contribution in [0.2, 0.25) is 0 Å². The molecule has 0 radical (unpaired) electrons. The Kier molecular flexibility index (Phi) is 4.02. The van der Waals surface area contributed by atoms with Crippen LogP contribution in [-0.4, -0.2) is 42.6 Å². The second-order valence-corrected chi connectivity index (χ2v) is 4.60. The maximum Gasteiger partial charge on any atom is 0.406 e. The molecule has 0 fully saturated rings. The summed E-state index contributed by atoms with van der Waals surface area (Å²) in [6.07, 6.45) is -4.44. The van der Waals surface area contributed by atoms with Gasteiger partial charge in [-0.25, -0.2) is 4.98 Å². The molecular formula is C14H14F3N3O. The third-order valence-electron chi connectivity index (χ3n) is 2.96. The van der Waals surface area contributed by atoms with Gasteiger partial charge in [0.25, 0.3) is 5.91 Å². The molecule has 0 atom stereocenters. The number of nitrogens with one attached hydrogen (secondary N) is 1. The summed E-state index contributed by atoms with van der Waals surface area (Å²) in [4.78, 5) is 16.8. The van der Waals surface area contributed by atoms with Gasteiger partial charge in [-0.1, -0.05) is 24.3 Å². The average Bonchev–Trinajstić information content (AvgIpc) is 2.43. The van der Waals surface area contributed by atoms with Gasteiger partial charge in [-0.2, -0.15) is 13.2 Å². The molecule has 1 aromatic heterocycles. The zero-order chi connectivity index (χ0) is 15.6. The van der Waals surface area contributed by atoms with Gasteiger partial charge in [0, 0.05) is 19.5 Å². The van der Waals surface area contributed by atoms with Crippen molar-refractivity contribution in [2.45, 2.75) is 6.18 Å². The fraction of sp³-hybridized carbons (Fsp3) is 0.286. The average molecular weight is 297 g/mol. The molecule has 0 spiro atoms. The maximum absolute atomic E-state index is 12.4. The highest BCUT2D eigenvalue weighted by Gasteiger charge is 2.32. The molecule has 112 valence electrons. The number of rotatable bonds is 3. The molecule has 0 saturated heterocycles. The molecule has 1 heterocycles. The van der Waals surface area contributed by atoms with Gasteiger partial charge in [0.05, 0.1) is 0 Å². The van der Waals surface area contributed by atoms with Crippen LogP contribution in [0.4, 0.5) is 19.0 Å². The van der Waals surface area contributed by atoms with E-state index in [1.54, 1.807) is 19.2 Å². The number of carbonyl (C=O) groups excluding carboxylic acids is 1. The lowest BCUT2D eigenvalue weighted by Crippen LogP contribution is -2.36. The Balaban J connectivity index is 2.40. The van der Waals surface area contributed by atoms with E-state index in [-0.39, 0.29) is 5.69 Å². The number of hydrogen-bond acceptors (Lipinski definition) is 3. The van der Waals surface area contributed by atoms with Gasteiger partial charge in [-0.15, -0.1) is 0 Å². The quantitative estimate of drug-likeness (QED) is 0.947. The molecule has 1 aromatic carbocycles. The monoisotopic (exact) mass is 297 g/mol. The Morgan fingerprint density at radius 3 is 2.62 bits per heavy atom. The van der Waals surface area contributed by atoms with Crippen molar-refractivity contribution in [2.75, 3.05) is 26.0 Å². The van der Waals surface area contributed by atoms with E-state index in [0.717, 1.165) is 17.8 Å². The minimum absolute atomic E-state index is 0.0233. The van der Waals surface area contributed by atoms with Crippen LogP contribution >= 0.6 is 0 Å². The Labute approximate surface area is 119 Å². The lowest BCUT2D eigenvalue weighted by Gasteiger charge is -2.19. The second-order valence-electron chi connectivity index (χ2n) is 4.60. The van der Waals surface area contributed by atoms with Gasteiger partial charge < -0.3 is 10.2 Å². The highest BCUT2D eigenvalue weighted by Crippen LogP contribution is 2.23. The summed E-state index contributed by atoms with van der Waals surface area (Å²) in [6, 6.07) is 8.70. The lowest BCUT2D eigenvalue weighted by atomic mass is 10.1. The Hall–Kier alpha value is -2.31. The Morgan fingerprint density at radius 1 is 1.33 bits per heavy atom. The summed E-state index contributed by atoms with van der Waals surface area (Å²) in [5.74, 6) is -0.313. The van der Waals surface area contributed by atoms with E-state index < -0.39 is 18.6 Å². The largest absolute Gasteiger partial charge is 0.406 e. The van der Waals surface area contributed by atoms with Crippen LogP contribution in [0, 0.1) is 0 Å². The first kappa shape index (κ1) is 15.1. The molecule has 1 amide bonds. The van der Waals surface area contributed by atoms with E-state index >= 15 is 0 Å². The fourth-order valence-electron chi connectivity index (χ4n) is 2.04. The van der Waals surface area contributed by atoms with Crippen molar-refractivity contribution in [1.29, 1.82) is 0 Å². The number of aromatic nitrogens is 1. The number of nitrogens with zero attached hydrogens (tertiary/aromatic N) is 2. The number of benzene rings is 1. The van der Waals surface area contributed by atoms with Crippen molar-refractivity contribution in [1.82, 2.24) is 9.88 Å². The summed E-state index contributed by atoms with van der Waals surface area (Å²) in [5.41, 5.74) is -0.0233. The molecule has 4 nitrogen and oxygen atoms in total. The molecule has 2 rings (SSSR count). The van der Waals surface area contributed by atoms with Crippen LogP contribution in [0.25, 0.3) is 10.8 Å². The molecule has 0 aliphatic rings. The summed E-state index contributed by atoms with van der Waals surface area (Å²) >= 11 is 0. The Bertz CT molecular complexity index is 670. The van der Waals surface area contributed by atoms with Gasteiger partial charge in [0.15, 0.2) is 0 Å². The fourth-order valence-corrected chi connectivity index (χ4v) is 2.04. The van der Waals surface area contributed by atoms with Crippen molar-refractivity contribution < 1.29 is 18.0 Å². The van der Waals surface area contributed by atoms with E-state index in [1.807, 2.05) is 12.1 Å². The van der Waals surface area contributed by atoms with Gasteiger partial charge in [0.2, 0.25) is 0 Å². The van der Waals surface area contributed by atoms with E-state index in [2.05, 4.69) is 10.3 Å². The van der Waals surface area contributed by atoms with Crippen LogP contribution in [0.15, 0.2) is 30.3 Å². The number of carbonyl (C=O) groups is 1. The van der Waals surface area contributed by atoms with Crippen molar-refractivity contribution >= 4 is 22.5 Å². The third kappa shape index (κ3) is 3.42. The molecular weight excluding hydrogens is 283 g/mol. The summed E-state index contributed by atoms with van der Waals surface area (Å²) < 4.78 is 37.1. The third-order valence-corrected chi connectivity index (χ3v) is 2.96. The predicted molar refractivity (Wildman–Crippen MR) is 74.3 cm³/mol. The van der Waals surface area contributed by atoms with Gasteiger partial charge in [-0.3, -0.25) is 4.79 Å². The van der Waals surface area contributed by atoms with Crippen molar-refractivity contribution in [3.05, 3.63) is 36.0 Å². The van der Waals surface area contributed by atoms with Crippen LogP contribution in [0.5, 0.6) is 0 Å². The van der Waals surface area contributed by atoms with Crippen molar-refractivity contribution in [3.63, 3.8) is 0 Å². The molecule has 7 heteroatoms. The number of anilines is 1. The van der Waals surface area contributed by atoms with Crippen LogP contribution in [0.1, 0.15) is 10.5 Å². The van der Waals surface area contributed by atoms with Gasteiger partial charge in [-0.05, 0) is 11.5 Å². The standard InChI is InChI=1S/C14H14F3N3O/c1-18-12-10-6-4-3-5-9(10)7-11(19-12)13(21)20(2)8-14(15,16)17/h3-7H,8H2,1-2H3,(H,18,19). The van der Waals surface area contributed by atoms with E-state index in [9.17, 15) is 18.0 Å². The number of alkyl halides is 3. The van der Waals surface area contributed by atoms with Crippen LogP contribution in [-0.2, 0) is 0 Å². The molecule has 0 aliphatic carbocycles. The first-order chi connectivity index (χ1) is 9.81. The molecule has 0 saturated carbocycles. The van der Waals surface area contributed by atoms with Gasteiger partial charge >= 0.3 is 6.18 Å². The van der Waals surface area contributed by atoms with E-state index in [1.165, 1.54) is 6.07 Å². The van der Waals surface area contributed by atoms with Crippen molar-refractivity contribution in [2.24, 2.45) is 0 Å². The first-order valence-corrected chi connectivity index (χ1v) is 6.21. The minimum Gasteiger partial charge on any atom is -0.373 e. The highest BCUT2D eigenvalue weighted by molar-refractivity contribution is 6.00. The smallest absolute Gasteiger partial charge is 0.373 e. The molecule has 0 bridgehead atoms. The number of amides is 1. The zero-order valence-electron chi connectivity index (χ0n) is 11.5. The Morgan fingerprint density at radius 2 is 2.00 bits per heavy atom. The van der Waals surface area contributed by atoms with E-state index in [0.29, 0.717) is 10.7 Å². The minimum atomic E-state index is -4.44. The van der Waals surface area contributed by atoms with Gasteiger partial charge in [0.1, 0.15) is 18.1 Å². The van der Waals surface area contributed by atoms with E-state index in [4.69, 9.17) is 0 Å². The van der Waals surface area contributed by atoms with Crippen LogP contribution < -0.4 is 5.32 Å². The number of hydrogen-bond donors (Lipinski definition) is 1. The second kappa shape index (κ2) is 5.59. The number of pyridine rings is 1. The normalized spacial score (nSPS) is 11.5. The summed E-state index contributed by atoms with van der Waals surface area (Å²) in [6.45, 7) is -1.31. The van der Waals surface area contributed by atoms with Crippen molar-refractivity contribution in [3.8, 4) is 0 Å². The molecule has 0 unspecified atom stereocenters. The maximum atomic E-state index is 12.4. The predicted octanol–water partition coefficient (Wildman–Crippen LogP) is 2.91. The SMILES string of the molecule is CNc1nc(C(=O)N(C)CC(F)(F)F)cc2ccccc12. The zero-order valence-corrected chi connectivity index (χ0v) is 11.5. The highest BCUT2D eigenvalue weighted by atomic mass is 19.4. The molecule has 1 N–H and O–H groups in total. The molecule has 0 aliphatic heterocycles. The molecule has 21 heavy (non-hydrogen) atoms. The number of halogens is 3.